The number of nitrogens with one attached hydrogen (secondary N) is 1. The van der Waals surface area contributed by atoms with Gasteiger partial charge in [-0.15, -0.1) is 0 Å². The molecule has 0 saturated heterocycles. The van der Waals surface area contributed by atoms with E-state index in [1.165, 1.54) is 0 Å². The Kier molecular flexibility index (Phi) is 6.82. The Morgan fingerprint density at radius 3 is 2.63 bits per heavy atom. The molecule has 0 amide bonds. The molecule has 0 fully saturated rings. The molecule has 0 radical (unpaired) electrons. The van der Waals surface area contributed by atoms with E-state index in [0.717, 1.165) is 18.3 Å². The Morgan fingerprint density at radius 2 is 2.05 bits per heavy atom. The number of rotatable bonds is 8. The predicted molar refractivity (Wildman–Crippen MR) is 73.8 cm³/mol. The molecule has 0 aliphatic carbocycles. The van der Waals surface area contributed by atoms with Crippen molar-refractivity contribution in [2.24, 2.45) is 0 Å². The van der Waals surface area contributed by atoms with E-state index in [-0.39, 0.29) is 12.0 Å². The van der Waals surface area contributed by atoms with Crippen molar-refractivity contribution < 1.29 is 14.3 Å². The van der Waals surface area contributed by atoms with Crippen LogP contribution in [0.25, 0.3) is 0 Å². The molecule has 0 aliphatic heterocycles. The highest BCUT2D eigenvalue weighted by atomic mass is 16.5. The van der Waals surface area contributed by atoms with Gasteiger partial charge in [-0.2, -0.15) is 0 Å². The molecular weight excluding hydrogens is 242 g/mol. The van der Waals surface area contributed by atoms with Gasteiger partial charge in [0.1, 0.15) is 12.3 Å². The zero-order valence-electron chi connectivity index (χ0n) is 11.5. The zero-order chi connectivity index (χ0) is 14.1. The van der Waals surface area contributed by atoms with Gasteiger partial charge >= 0.3 is 5.97 Å². The van der Waals surface area contributed by atoms with Crippen LogP contribution in [0.4, 0.5) is 0 Å². The van der Waals surface area contributed by atoms with Gasteiger partial charge in [-0.05, 0) is 32.3 Å². The summed E-state index contributed by atoms with van der Waals surface area (Å²) >= 11 is 0. The number of aldehydes is 1. The number of hydrogen-bond donors (Lipinski definition) is 1. The van der Waals surface area contributed by atoms with Crippen LogP contribution in [-0.2, 0) is 20.7 Å². The first-order valence-electron chi connectivity index (χ1n) is 6.59. The Morgan fingerprint density at radius 1 is 1.37 bits per heavy atom. The molecule has 0 heterocycles. The molecule has 19 heavy (non-hydrogen) atoms. The number of carbonyl (C=O) groups excluding carboxylic acids is 2. The molecule has 2 atom stereocenters. The van der Waals surface area contributed by atoms with Crippen LogP contribution < -0.4 is 5.32 Å². The summed E-state index contributed by atoms with van der Waals surface area (Å²) in [6.45, 7) is 3.84. The van der Waals surface area contributed by atoms with Crippen LogP contribution >= 0.6 is 0 Å². The van der Waals surface area contributed by atoms with Crippen molar-refractivity contribution in [1.82, 2.24) is 5.32 Å². The van der Waals surface area contributed by atoms with Crippen LogP contribution in [0, 0.1) is 0 Å². The highest BCUT2D eigenvalue weighted by molar-refractivity contribution is 5.76. The normalized spacial score (nSPS) is 13.6. The molecule has 1 rings (SSSR count). The molecule has 1 N–H and O–H groups in total. The standard InChI is InChI=1S/C15H21NO3/c1-3-19-15(18)14(16-12(2)11-17)10-9-13-7-5-4-6-8-13/h4-8,11-12,14,16H,3,9-10H2,1-2H3/t12-,14?/m0/s1. The van der Waals surface area contributed by atoms with Gasteiger partial charge < -0.3 is 9.53 Å². The summed E-state index contributed by atoms with van der Waals surface area (Å²) in [5.74, 6) is -0.299. The van der Waals surface area contributed by atoms with Crippen molar-refractivity contribution in [1.29, 1.82) is 0 Å². The van der Waals surface area contributed by atoms with Crippen LogP contribution in [0.15, 0.2) is 30.3 Å². The van der Waals surface area contributed by atoms with Crippen LogP contribution in [0.5, 0.6) is 0 Å². The minimum absolute atomic E-state index is 0.299. The quantitative estimate of drug-likeness (QED) is 0.573. The Hall–Kier alpha value is -1.68. The van der Waals surface area contributed by atoms with Crippen LogP contribution in [0.1, 0.15) is 25.8 Å². The molecule has 0 bridgehead atoms. The number of carbonyl (C=O) groups is 2. The second-order valence-electron chi connectivity index (χ2n) is 4.42. The first kappa shape index (κ1) is 15.4. The lowest BCUT2D eigenvalue weighted by molar-refractivity contribution is -0.146. The highest BCUT2D eigenvalue weighted by Gasteiger charge is 2.21. The van der Waals surface area contributed by atoms with E-state index >= 15 is 0 Å². The number of benzene rings is 1. The molecule has 0 aliphatic rings. The van der Waals surface area contributed by atoms with E-state index in [4.69, 9.17) is 4.74 Å². The number of aryl methyl sites for hydroxylation is 1. The fraction of sp³-hybridized carbons (Fsp3) is 0.467. The van der Waals surface area contributed by atoms with Crippen molar-refractivity contribution in [2.45, 2.75) is 38.8 Å². The van der Waals surface area contributed by atoms with Gasteiger partial charge in [-0.3, -0.25) is 10.1 Å². The second-order valence-corrected chi connectivity index (χ2v) is 4.42. The molecule has 1 aromatic rings. The fourth-order valence-corrected chi connectivity index (χ4v) is 1.82. The summed E-state index contributed by atoms with van der Waals surface area (Å²) in [4.78, 5) is 22.5. The van der Waals surface area contributed by atoms with E-state index in [9.17, 15) is 9.59 Å². The maximum Gasteiger partial charge on any atom is 0.323 e. The van der Waals surface area contributed by atoms with Crippen molar-refractivity contribution in [3.05, 3.63) is 35.9 Å². The van der Waals surface area contributed by atoms with Crippen LogP contribution in [0.2, 0.25) is 0 Å². The van der Waals surface area contributed by atoms with Gasteiger partial charge in [0.25, 0.3) is 0 Å². The Labute approximate surface area is 114 Å². The largest absolute Gasteiger partial charge is 0.465 e. The summed E-state index contributed by atoms with van der Waals surface area (Å²) in [7, 11) is 0. The molecule has 4 heteroatoms. The summed E-state index contributed by atoms with van der Waals surface area (Å²) in [5, 5.41) is 2.98. The maximum absolute atomic E-state index is 11.8. The van der Waals surface area contributed by atoms with E-state index in [2.05, 4.69) is 5.32 Å². The topological polar surface area (TPSA) is 55.4 Å². The molecule has 0 aromatic heterocycles. The number of hydrogen-bond acceptors (Lipinski definition) is 4. The van der Waals surface area contributed by atoms with Crippen molar-refractivity contribution in [3.63, 3.8) is 0 Å². The second kappa shape index (κ2) is 8.43. The summed E-state index contributed by atoms with van der Waals surface area (Å²) in [6.07, 6.45) is 2.17. The van der Waals surface area contributed by atoms with Gasteiger partial charge in [0.15, 0.2) is 0 Å². The Balaban J connectivity index is 2.58. The van der Waals surface area contributed by atoms with Crippen molar-refractivity contribution in [2.75, 3.05) is 6.61 Å². The van der Waals surface area contributed by atoms with E-state index in [1.54, 1.807) is 13.8 Å². The minimum Gasteiger partial charge on any atom is -0.465 e. The Bertz CT molecular complexity index is 392. The molecule has 104 valence electrons. The molecular formula is C15H21NO3. The first-order valence-corrected chi connectivity index (χ1v) is 6.59. The third-order valence-corrected chi connectivity index (χ3v) is 2.80. The van der Waals surface area contributed by atoms with Gasteiger partial charge in [-0.25, -0.2) is 0 Å². The highest BCUT2D eigenvalue weighted by Crippen LogP contribution is 2.07. The van der Waals surface area contributed by atoms with Crippen molar-refractivity contribution >= 4 is 12.3 Å². The number of ether oxygens (including phenoxy) is 1. The minimum atomic E-state index is -0.444. The van der Waals surface area contributed by atoms with Gasteiger partial charge in [-0.1, -0.05) is 30.3 Å². The molecule has 1 unspecified atom stereocenters. The first-order chi connectivity index (χ1) is 9.17. The summed E-state index contributed by atoms with van der Waals surface area (Å²) < 4.78 is 5.02. The predicted octanol–water partition coefficient (Wildman–Crippen LogP) is 1.73. The molecule has 0 saturated carbocycles. The SMILES string of the molecule is CCOC(=O)C(CCc1ccccc1)N[C@@H](C)C=O. The molecule has 4 nitrogen and oxygen atoms in total. The lowest BCUT2D eigenvalue weighted by Crippen LogP contribution is -2.44. The smallest absolute Gasteiger partial charge is 0.323 e. The van der Waals surface area contributed by atoms with E-state index < -0.39 is 6.04 Å². The van der Waals surface area contributed by atoms with Gasteiger partial charge in [0.05, 0.1) is 12.6 Å². The van der Waals surface area contributed by atoms with Gasteiger partial charge in [0, 0.05) is 0 Å². The fourth-order valence-electron chi connectivity index (χ4n) is 1.82. The van der Waals surface area contributed by atoms with E-state index in [0.29, 0.717) is 13.0 Å². The maximum atomic E-state index is 11.8. The average molecular weight is 263 g/mol. The monoisotopic (exact) mass is 263 g/mol. The summed E-state index contributed by atoms with van der Waals surface area (Å²) in [6, 6.07) is 9.13. The lowest BCUT2D eigenvalue weighted by Gasteiger charge is -2.19. The van der Waals surface area contributed by atoms with Crippen molar-refractivity contribution in [3.8, 4) is 0 Å². The zero-order valence-corrected chi connectivity index (χ0v) is 11.5. The van der Waals surface area contributed by atoms with E-state index in [1.807, 2.05) is 30.3 Å². The third-order valence-electron chi connectivity index (χ3n) is 2.80. The van der Waals surface area contributed by atoms with Gasteiger partial charge in [0.2, 0.25) is 0 Å². The third kappa shape index (κ3) is 5.66. The number of esters is 1. The van der Waals surface area contributed by atoms with Crippen LogP contribution in [-0.4, -0.2) is 30.9 Å². The molecule has 0 spiro atoms. The van der Waals surface area contributed by atoms with Crippen LogP contribution in [0.3, 0.4) is 0 Å². The summed E-state index contributed by atoms with van der Waals surface area (Å²) in [5.41, 5.74) is 1.16. The lowest BCUT2D eigenvalue weighted by atomic mass is 10.0. The average Bonchev–Trinajstić information content (AvgIpc) is 2.44. The molecule has 1 aromatic carbocycles.